The van der Waals surface area contributed by atoms with Crippen molar-refractivity contribution in [2.45, 2.75) is 31.8 Å². The molecular formula is C14H21NO4S. The molecule has 5 nitrogen and oxygen atoms in total. The average Bonchev–Trinajstić information content (AvgIpc) is 3.03. The maximum Gasteiger partial charge on any atom is 0.244 e. The molecule has 1 unspecified atom stereocenters. The zero-order chi connectivity index (χ0) is 15.0. The van der Waals surface area contributed by atoms with Crippen molar-refractivity contribution in [1.29, 1.82) is 0 Å². The SMILES string of the molecule is COc1ccc(CO)cc1S(=O)(=O)NCC1CC1(C)C. The molecule has 0 saturated heterocycles. The van der Waals surface area contributed by atoms with E-state index in [-0.39, 0.29) is 22.7 Å². The second-order valence-electron chi connectivity index (χ2n) is 5.88. The van der Waals surface area contributed by atoms with Gasteiger partial charge in [0.2, 0.25) is 10.0 Å². The van der Waals surface area contributed by atoms with E-state index in [1.165, 1.54) is 13.2 Å². The predicted molar refractivity (Wildman–Crippen MR) is 76.0 cm³/mol. The Morgan fingerprint density at radius 2 is 2.10 bits per heavy atom. The third-order valence-electron chi connectivity index (χ3n) is 3.94. The maximum atomic E-state index is 12.4. The van der Waals surface area contributed by atoms with E-state index in [9.17, 15) is 8.42 Å². The van der Waals surface area contributed by atoms with E-state index in [1.54, 1.807) is 12.1 Å². The van der Waals surface area contributed by atoms with Gasteiger partial charge in [0.25, 0.3) is 0 Å². The van der Waals surface area contributed by atoms with Gasteiger partial charge in [-0.3, -0.25) is 0 Å². The number of sulfonamides is 1. The van der Waals surface area contributed by atoms with Crippen LogP contribution in [0.25, 0.3) is 0 Å². The van der Waals surface area contributed by atoms with Gasteiger partial charge in [-0.15, -0.1) is 0 Å². The third-order valence-corrected chi connectivity index (χ3v) is 5.38. The van der Waals surface area contributed by atoms with Crippen LogP contribution < -0.4 is 9.46 Å². The fourth-order valence-electron chi connectivity index (χ4n) is 2.24. The van der Waals surface area contributed by atoms with Crippen molar-refractivity contribution in [2.24, 2.45) is 11.3 Å². The summed E-state index contributed by atoms with van der Waals surface area (Å²) in [4.78, 5) is 0.0741. The molecule has 0 aliphatic heterocycles. The highest BCUT2D eigenvalue weighted by Gasteiger charge is 2.45. The summed E-state index contributed by atoms with van der Waals surface area (Å²) in [6.07, 6.45) is 1.03. The monoisotopic (exact) mass is 299 g/mol. The van der Waals surface area contributed by atoms with Crippen LogP contribution >= 0.6 is 0 Å². The van der Waals surface area contributed by atoms with Crippen molar-refractivity contribution < 1.29 is 18.3 Å². The van der Waals surface area contributed by atoms with Gasteiger partial charge in [0.15, 0.2) is 0 Å². The Kier molecular flexibility index (Phi) is 4.09. The van der Waals surface area contributed by atoms with E-state index < -0.39 is 10.0 Å². The summed E-state index contributed by atoms with van der Waals surface area (Å²) in [5.74, 6) is 0.661. The molecule has 2 rings (SSSR count). The quantitative estimate of drug-likeness (QED) is 0.835. The normalized spacial score (nSPS) is 20.7. The number of aliphatic hydroxyl groups is 1. The van der Waals surface area contributed by atoms with Crippen LogP contribution in [-0.2, 0) is 16.6 Å². The zero-order valence-electron chi connectivity index (χ0n) is 12.0. The number of hydrogen-bond donors (Lipinski definition) is 2. The molecule has 1 fully saturated rings. The molecule has 0 spiro atoms. The minimum absolute atomic E-state index is 0.0741. The number of methoxy groups -OCH3 is 1. The summed E-state index contributed by atoms with van der Waals surface area (Å²) < 4.78 is 32.4. The molecular weight excluding hydrogens is 278 g/mol. The van der Waals surface area contributed by atoms with Crippen LogP contribution in [-0.4, -0.2) is 27.2 Å². The Morgan fingerprint density at radius 3 is 2.60 bits per heavy atom. The number of nitrogens with one attached hydrogen (secondary N) is 1. The highest BCUT2D eigenvalue weighted by molar-refractivity contribution is 7.89. The summed E-state index contributed by atoms with van der Waals surface area (Å²) in [6, 6.07) is 4.64. The highest BCUT2D eigenvalue weighted by atomic mass is 32.2. The van der Waals surface area contributed by atoms with Gasteiger partial charge in [0, 0.05) is 6.54 Å². The Hall–Kier alpha value is -1.11. The van der Waals surface area contributed by atoms with Crippen molar-refractivity contribution in [3.05, 3.63) is 23.8 Å². The summed E-state index contributed by atoms with van der Waals surface area (Å²) in [6.45, 7) is 4.47. The van der Waals surface area contributed by atoms with Crippen LogP contribution in [0.15, 0.2) is 23.1 Å². The lowest BCUT2D eigenvalue weighted by molar-refractivity contribution is 0.281. The van der Waals surface area contributed by atoms with E-state index in [1.807, 2.05) is 0 Å². The summed E-state index contributed by atoms with van der Waals surface area (Å²) in [5, 5.41) is 9.13. The fraction of sp³-hybridized carbons (Fsp3) is 0.571. The van der Waals surface area contributed by atoms with Crippen molar-refractivity contribution >= 4 is 10.0 Å². The molecule has 112 valence electrons. The minimum Gasteiger partial charge on any atom is -0.495 e. The van der Waals surface area contributed by atoms with Crippen LogP contribution in [0.5, 0.6) is 5.75 Å². The van der Waals surface area contributed by atoms with E-state index in [2.05, 4.69) is 18.6 Å². The topological polar surface area (TPSA) is 75.6 Å². The summed E-state index contributed by atoms with van der Waals surface area (Å²) in [5.41, 5.74) is 0.762. The number of aliphatic hydroxyl groups excluding tert-OH is 1. The van der Waals surface area contributed by atoms with Gasteiger partial charge < -0.3 is 9.84 Å². The molecule has 1 aliphatic carbocycles. The lowest BCUT2D eigenvalue weighted by atomic mass is 10.1. The molecule has 1 aromatic rings. The van der Waals surface area contributed by atoms with E-state index in [0.717, 1.165) is 6.42 Å². The number of benzene rings is 1. The van der Waals surface area contributed by atoms with Gasteiger partial charge in [-0.25, -0.2) is 13.1 Å². The number of hydrogen-bond acceptors (Lipinski definition) is 4. The van der Waals surface area contributed by atoms with E-state index in [0.29, 0.717) is 18.0 Å². The third kappa shape index (κ3) is 3.13. The molecule has 1 aromatic carbocycles. The molecule has 6 heteroatoms. The van der Waals surface area contributed by atoms with Gasteiger partial charge in [-0.2, -0.15) is 0 Å². The van der Waals surface area contributed by atoms with Gasteiger partial charge in [0.1, 0.15) is 10.6 Å². The van der Waals surface area contributed by atoms with Crippen LogP contribution in [0.2, 0.25) is 0 Å². The largest absolute Gasteiger partial charge is 0.495 e. The van der Waals surface area contributed by atoms with Crippen molar-refractivity contribution in [1.82, 2.24) is 4.72 Å². The van der Waals surface area contributed by atoms with Crippen molar-refractivity contribution in [2.75, 3.05) is 13.7 Å². The Morgan fingerprint density at radius 1 is 1.45 bits per heavy atom. The number of ether oxygens (including phenoxy) is 1. The predicted octanol–water partition coefficient (Wildman–Crippen LogP) is 1.51. The number of rotatable bonds is 6. The van der Waals surface area contributed by atoms with Gasteiger partial charge >= 0.3 is 0 Å². The smallest absolute Gasteiger partial charge is 0.244 e. The summed E-state index contributed by atoms with van der Waals surface area (Å²) in [7, 11) is -2.20. The lowest BCUT2D eigenvalue weighted by Gasteiger charge is -2.12. The molecule has 0 heterocycles. The van der Waals surface area contributed by atoms with Crippen LogP contribution in [0.4, 0.5) is 0 Å². The Labute approximate surface area is 120 Å². The van der Waals surface area contributed by atoms with Crippen molar-refractivity contribution in [3.8, 4) is 5.75 Å². The molecule has 0 bridgehead atoms. The van der Waals surface area contributed by atoms with Gasteiger partial charge in [-0.1, -0.05) is 19.9 Å². The molecule has 20 heavy (non-hydrogen) atoms. The second-order valence-corrected chi connectivity index (χ2v) is 7.62. The molecule has 1 aliphatic rings. The van der Waals surface area contributed by atoms with Crippen LogP contribution in [0.1, 0.15) is 25.8 Å². The van der Waals surface area contributed by atoms with E-state index in [4.69, 9.17) is 9.84 Å². The van der Waals surface area contributed by atoms with Gasteiger partial charge in [-0.05, 0) is 35.4 Å². The first-order chi connectivity index (χ1) is 9.30. The molecule has 0 aromatic heterocycles. The molecule has 0 radical (unpaired) electrons. The van der Waals surface area contributed by atoms with E-state index >= 15 is 0 Å². The van der Waals surface area contributed by atoms with Crippen molar-refractivity contribution in [3.63, 3.8) is 0 Å². The summed E-state index contributed by atoms with van der Waals surface area (Å²) >= 11 is 0. The second kappa shape index (κ2) is 5.35. The first-order valence-electron chi connectivity index (χ1n) is 6.57. The highest BCUT2D eigenvalue weighted by Crippen LogP contribution is 2.51. The first-order valence-corrected chi connectivity index (χ1v) is 8.06. The Bertz CT molecular complexity index is 595. The molecule has 1 atom stereocenters. The van der Waals surface area contributed by atoms with Gasteiger partial charge in [0.05, 0.1) is 13.7 Å². The lowest BCUT2D eigenvalue weighted by Crippen LogP contribution is -2.27. The van der Waals surface area contributed by atoms with Crippen LogP contribution in [0, 0.1) is 11.3 Å². The molecule has 1 saturated carbocycles. The maximum absolute atomic E-state index is 12.4. The first kappa shape index (κ1) is 15.3. The Balaban J connectivity index is 2.19. The standard InChI is InChI=1S/C14H21NO4S/c1-14(2)7-11(14)8-15-20(17,18)13-6-10(9-16)4-5-12(13)19-3/h4-6,11,15-16H,7-9H2,1-3H3. The van der Waals surface area contributed by atoms with Crippen LogP contribution in [0.3, 0.4) is 0 Å². The zero-order valence-corrected chi connectivity index (χ0v) is 12.8. The molecule has 0 amide bonds. The fourth-order valence-corrected chi connectivity index (χ4v) is 3.54. The average molecular weight is 299 g/mol. The minimum atomic E-state index is -3.63. The molecule has 2 N–H and O–H groups in total.